The summed E-state index contributed by atoms with van der Waals surface area (Å²) >= 11 is 0. The number of nitrogens with one attached hydrogen (secondary N) is 2. The molecule has 2 fully saturated rings. The Morgan fingerprint density at radius 1 is 1.00 bits per heavy atom. The van der Waals surface area contributed by atoms with E-state index in [9.17, 15) is 19.2 Å². The third-order valence-electron chi connectivity index (χ3n) is 6.60. The third-order valence-corrected chi connectivity index (χ3v) is 6.60. The van der Waals surface area contributed by atoms with E-state index in [1.165, 1.54) is 4.90 Å². The highest BCUT2D eigenvalue weighted by molar-refractivity contribution is 6.15. The molecule has 8 nitrogen and oxygen atoms in total. The van der Waals surface area contributed by atoms with Gasteiger partial charge < -0.3 is 11.1 Å². The van der Waals surface area contributed by atoms with Gasteiger partial charge in [-0.1, -0.05) is 48.5 Å². The van der Waals surface area contributed by atoms with Crippen LogP contribution < -0.4 is 16.4 Å². The van der Waals surface area contributed by atoms with Gasteiger partial charge in [0.15, 0.2) is 0 Å². The minimum atomic E-state index is -1.39. The Hall–Kier alpha value is -3.52. The number of carbonyl (C=O) groups excluding carboxylic acids is 4. The van der Waals surface area contributed by atoms with Crippen LogP contribution >= 0.6 is 0 Å². The van der Waals surface area contributed by atoms with Crippen LogP contribution in [0.15, 0.2) is 54.6 Å². The summed E-state index contributed by atoms with van der Waals surface area (Å²) in [5, 5.41) is 6.00. The first-order valence-corrected chi connectivity index (χ1v) is 10.3. The Morgan fingerprint density at radius 2 is 1.71 bits per heavy atom. The summed E-state index contributed by atoms with van der Waals surface area (Å²) in [6, 6.07) is 16.0. The molecule has 2 aromatic carbocycles. The molecule has 2 aromatic rings. The topological polar surface area (TPSA) is 122 Å². The predicted molar refractivity (Wildman–Crippen MR) is 111 cm³/mol. The maximum Gasteiger partial charge on any atom is 0.250 e. The van der Waals surface area contributed by atoms with Crippen molar-refractivity contribution in [3.05, 3.63) is 65.7 Å². The van der Waals surface area contributed by atoms with Gasteiger partial charge in [-0.05, 0) is 18.1 Å². The quantitative estimate of drug-likeness (QED) is 0.612. The van der Waals surface area contributed by atoms with Gasteiger partial charge >= 0.3 is 0 Å². The number of anilines is 1. The Balaban J connectivity index is 1.53. The fourth-order valence-corrected chi connectivity index (χ4v) is 5.32. The number of rotatable bonds is 5. The molecule has 1 spiro atoms. The van der Waals surface area contributed by atoms with Crippen LogP contribution in [-0.2, 0) is 31.1 Å². The molecule has 3 aliphatic rings. The predicted octanol–water partition coefficient (Wildman–Crippen LogP) is 0.525. The normalized spacial score (nSPS) is 28.7. The number of primary amides is 1. The summed E-state index contributed by atoms with van der Waals surface area (Å²) in [4.78, 5) is 53.1. The fourth-order valence-electron chi connectivity index (χ4n) is 5.32. The van der Waals surface area contributed by atoms with Gasteiger partial charge in [-0.25, -0.2) is 0 Å². The van der Waals surface area contributed by atoms with E-state index in [1.54, 1.807) is 24.3 Å². The lowest BCUT2D eigenvalue weighted by molar-refractivity contribution is -0.142. The van der Waals surface area contributed by atoms with E-state index >= 15 is 0 Å². The van der Waals surface area contributed by atoms with Gasteiger partial charge in [0.1, 0.15) is 5.54 Å². The highest BCUT2D eigenvalue weighted by Crippen LogP contribution is 2.53. The SMILES string of the molecule is NC(=O)C[C@@H]1N[C@]2(C(=O)Nc3ccccc32)[C@@H]2C(=O)N(CCc3ccccc3)C(=O)[C@@H]12. The van der Waals surface area contributed by atoms with Crippen molar-refractivity contribution in [1.82, 2.24) is 10.2 Å². The average Bonchev–Trinajstić information content (AvgIpc) is 3.32. The van der Waals surface area contributed by atoms with E-state index < -0.39 is 35.2 Å². The molecule has 0 bridgehead atoms. The summed E-state index contributed by atoms with van der Waals surface area (Å²) in [6.07, 6.45) is 0.380. The first-order valence-electron chi connectivity index (χ1n) is 10.3. The van der Waals surface area contributed by atoms with Gasteiger partial charge in [0.25, 0.3) is 0 Å². The van der Waals surface area contributed by atoms with Crippen molar-refractivity contribution in [2.24, 2.45) is 17.6 Å². The van der Waals surface area contributed by atoms with Crippen LogP contribution in [0.5, 0.6) is 0 Å². The van der Waals surface area contributed by atoms with Crippen molar-refractivity contribution in [1.29, 1.82) is 0 Å². The number of hydrogen-bond acceptors (Lipinski definition) is 5. The lowest BCUT2D eigenvalue weighted by Gasteiger charge is -2.29. The summed E-state index contributed by atoms with van der Waals surface area (Å²) in [6.45, 7) is 0.220. The molecule has 31 heavy (non-hydrogen) atoms. The van der Waals surface area contributed by atoms with Gasteiger partial charge in [0, 0.05) is 30.3 Å². The standard InChI is InChI=1S/C23H22N4O4/c24-17(28)12-16-18-19(23(26-16)14-8-4-5-9-15(14)25-22(23)31)21(30)27(20(18)29)11-10-13-6-2-1-3-7-13/h1-9,16,18-19,26H,10-12H2,(H2,24,28)(H,25,31)/t16-,18-,19-,23-/m0/s1. The van der Waals surface area contributed by atoms with Crippen LogP contribution in [-0.4, -0.2) is 41.1 Å². The second-order valence-corrected chi connectivity index (χ2v) is 8.30. The lowest BCUT2D eigenvalue weighted by atomic mass is 9.76. The number of imide groups is 1. The molecular weight excluding hydrogens is 396 g/mol. The van der Waals surface area contributed by atoms with Gasteiger partial charge in [-0.2, -0.15) is 0 Å². The Kier molecular flexibility index (Phi) is 4.40. The summed E-state index contributed by atoms with van der Waals surface area (Å²) in [5.74, 6) is -3.49. The van der Waals surface area contributed by atoms with Crippen LogP contribution in [0, 0.1) is 11.8 Å². The van der Waals surface area contributed by atoms with Gasteiger partial charge in [-0.15, -0.1) is 0 Å². The van der Waals surface area contributed by atoms with E-state index in [4.69, 9.17) is 5.73 Å². The second kappa shape index (κ2) is 7.02. The molecular formula is C23H22N4O4. The van der Waals surface area contributed by atoms with Crippen LogP contribution in [0.1, 0.15) is 17.5 Å². The van der Waals surface area contributed by atoms with Gasteiger partial charge in [-0.3, -0.25) is 29.4 Å². The van der Waals surface area contributed by atoms with E-state index in [2.05, 4.69) is 10.6 Å². The smallest absolute Gasteiger partial charge is 0.250 e. The average molecular weight is 418 g/mol. The molecule has 8 heteroatoms. The molecule has 2 saturated heterocycles. The number of nitrogens with zero attached hydrogens (tertiary/aromatic N) is 1. The van der Waals surface area contributed by atoms with Crippen LogP contribution in [0.25, 0.3) is 0 Å². The van der Waals surface area contributed by atoms with Crippen molar-refractivity contribution in [2.45, 2.75) is 24.4 Å². The number of amides is 4. The largest absolute Gasteiger partial charge is 0.370 e. The van der Waals surface area contributed by atoms with E-state index in [-0.39, 0.29) is 24.8 Å². The van der Waals surface area contributed by atoms with E-state index in [0.29, 0.717) is 17.7 Å². The maximum atomic E-state index is 13.5. The number of hydrogen-bond donors (Lipinski definition) is 3. The number of likely N-dealkylation sites (tertiary alicyclic amines) is 1. The first kappa shape index (κ1) is 19.4. The molecule has 0 aromatic heterocycles. The van der Waals surface area contributed by atoms with Crippen LogP contribution in [0.2, 0.25) is 0 Å². The molecule has 3 heterocycles. The highest BCUT2D eigenvalue weighted by atomic mass is 16.2. The minimum absolute atomic E-state index is 0.135. The monoisotopic (exact) mass is 418 g/mol. The molecule has 3 aliphatic heterocycles. The number of para-hydroxylation sites is 1. The summed E-state index contributed by atoms with van der Waals surface area (Å²) < 4.78 is 0. The molecule has 0 radical (unpaired) electrons. The zero-order chi connectivity index (χ0) is 21.8. The zero-order valence-corrected chi connectivity index (χ0v) is 16.7. The molecule has 0 saturated carbocycles. The highest BCUT2D eigenvalue weighted by Gasteiger charge is 2.70. The molecule has 0 unspecified atom stereocenters. The minimum Gasteiger partial charge on any atom is -0.370 e. The molecule has 4 atom stereocenters. The Morgan fingerprint density at radius 3 is 2.45 bits per heavy atom. The van der Waals surface area contributed by atoms with Crippen molar-refractivity contribution in [2.75, 3.05) is 11.9 Å². The lowest BCUT2D eigenvalue weighted by Crippen LogP contribution is -2.53. The summed E-state index contributed by atoms with van der Waals surface area (Å²) in [5.41, 5.74) is 6.26. The fraction of sp³-hybridized carbons (Fsp3) is 0.304. The van der Waals surface area contributed by atoms with Gasteiger partial charge in [0.05, 0.1) is 11.8 Å². The first-order chi connectivity index (χ1) is 14.9. The maximum absolute atomic E-state index is 13.5. The van der Waals surface area contributed by atoms with Crippen molar-refractivity contribution >= 4 is 29.3 Å². The summed E-state index contributed by atoms with van der Waals surface area (Å²) in [7, 11) is 0. The Labute approximate surface area is 178 Å². The number of carbonyl (C=O) groups is 4. The number of nitrogens with two attached hydrogens (primary N) is 1. The van der Waals surface area contributed by atoms with Crippen molar-refractivity contribution < 1.29 is 19.2 Å². The van der Waals surface area contributed by atoms with Crippen LogP contribution in [0.4, 0.5) is 5.69 Å². The van der Waals surface area contributed by atoms with Gasteiger partial charge in [0.2, 0.25) is 23.6 Å². The molecule has 0 aliphatic carbocycles. The van der Waals surface area contributed by atoms with Crippen molar-refractivity contribution in [3.8, 4) is 0 Å². The number of benzene rings is 2. The Bertz CT molecular complexity index is 1100. The molecule has 158 valence electrons. The zero-order valence-electron chi connectivity index (χ0n) is 16.7. The number of fused-ring (bicyclic) bond motifs is 4. The third kappa shape index (κ3) is 2.79. The second-order valence-electron chi connectivity index (χ2n) is 8.30. The van der Waals surface area contributed by atoms with E-state index in [1.807, 2.05) is 30.3 Å². The molecule has 4 N–H and O–H groups in total. The van der Waals surface area contributed by atoms with Crippen molar-refractivity contribution in [3.63, 3.8) is 0 Å². The van der Waals surface area contributed by atoms with Crippen LogP contribution in [0.3, 0.4) is 0 Å². The van der Waals surface area contributed by atoms with E-state index in [0.717, 1.165) is 5.56 Å². The molecule has 5 rings (SSSR count). The molecule has 4 amide bonds.